The van der Waals surface area contributed by atoms with Crippen LogP contribution >= 0.6 is 27.3 Å². The average molecular weight is 301 g/mol. The maximum absolute atomic E-state index is 3.53. The summed E-state index contributed by atoms with van der Waals surface area (Å²) in [5, 5.41) is 0. The standard InChI is InChI=1S/C12H17BrN2S/c13-12-4-3-11(16-12)9-14-6-7-15-5-1-2-10(15)8-14/h3-4,10H,1-2,5-9H2. The molecule has 1 aromatic heterocycles. The Hall–Kier alpha value is 0.1000. The van der Waals surface area contributed by atoms with Crippen LogP contribution in [0.3, 0.4) is 0 Å². The van der Waals surface area contributed by atoms with E-state index in [1.807, 2.05) is 11.3 Å². The third-order valence-corrected chi connectivity index (χ3v) is 5.29. The van der Waals surface area contributed by atoms with Crippen LogP contribution in [0.15, 0.2) is 15.9 Å². The lowest BCUT2D eigenvalue weighted by molar-refractivity contribution is 0.100. The molecule has 1 atom stereocenters. The normalized spacial score (nSPS) is 27.2. The Labute approximate surface area is 109 Å². The Morgan fingerprint density at radius 1 is 1.31 bits per heavy atom. The summed E-state index contributed by atoms with van der Waals surface area (Å²) < 4.78 is 1.25. The summed E-state index contributed by atoms with van der Waals surface area (Å²) in [5.41, 5.74) is 0. The first-order valence-corrected chi connectivity index (χ1v) is 7.63. The zero-order valence-corrected chi connectivity index (χ0v) is 11.8. The van der Waals surface area contributed by atoms with E-state index in [0.717, 1.165) is 12.6 Å². The van der Waals surface area contributed by atoms with E-state index in [2.05, 4.69) is 37.9 Å². The molecule has 16 heavy (non-hydrogen) atoms. The number of rotatable bonds is 2. The average Bonchev–Trinajstić information content (AvgIpc) is 2.87. The Morgan fingerprint density at radius 2 is 2.25 bits per heavy atom. The molecule has 1 unspecified atom stereocenters. The molecule has 2 nitrogen and oxygen atoms in total. The van der Waals surface area contributed by atoms with Crippen molar-refractivity contribution in [1.82, 2.24) is 9.80 Å². The fraction of sp³-hybridized carbons (Fsp3) is 0.667. The molecule has 0 aliphatic carbocycles. The van der Waals surface area contributed by atoms with Gasteiger partial charge in [0.05, 0.1) is 3.79 Å². The number of piperazine rings is 1. The molecule has 3 rings (SSSR count). The van der Waals surface area contributed by atoms with Gasteiger partial charge in [0.15, 0.2) is 0 Å². The van der Waals surface area contributed by atoms with E-state index in [1.165, 1.54) is 47.7 Å². The second kappa shape index (κ2) is 4.77. The minimum Gasteiger partial charge on any atom is -0.298 e. The number of nitrogens with zero attached hydrogens (tertiary/aromatic N) is 2. The highest BCUT2D eigenvalue weighted by atomic mass is 79.9. The van der Waals surface area contributed by atoms with Crippen LogP contribution in [-0.4, -0.2) is 42.0 Å². The van der Waals surface area contributed by atoms with Crippen molar-refractivity contribution in [3.05, 3.63) is 20.8 Å². The molecular formula is C12H17BrN2S. The molecule has 1 aromatic rings. The van der Waals surface area contributed by atoms with Gasteiger partial charge >= 0.3 is 0 Å². The van der Waals surface area contributed by atoms with Crippen molar-refractivity contribution in [2.45, 2.75) is 25.4 Å². The van der Waals surface area contributed by atoms with Gasteiger partial charge in [0.1, 0.15) is 0 Å². The third kappa shape index (κ3) is 2.35. The first kappa shape index (κ1) is 11.2. The molecule has 2 aliphatic heterocycles. The number of fused-ring (bicyclic) bond motifs is 1. The summed E-state index contributed by atoms with van der Waals surface area (Å²) in [4.78, 5) is 6.77. The molecule has 0 radical (unpaired) electrons. The van der Waals surface area contributed by atoms with E-state index >= 15 is 0 Å². The molecule has 0 N–H and O–H groups in total. The fourth-order valence-corrected chi connectivity index (χ4v) is 4.38. The Morgan fingerprint density at radius 3 is 3.06 bits per heavy atom. The lowest BCUT2D eigenvalue weighted by Gasteiger charge is -2.37. The summed E-state index contributed by atoms with van der Waals surface area (Å²) in [5.74, 6) is 0. The highest BCUT2D eigenvalue weighted by Crippen LogP contribution is 2.26. The number of hydrogen-bond acceptors (Lipinski definition) is 3. The van der Waals surface area contributed by atoms with Gasteiger partial charge in [-0.05, 0) is 47.4 Å². The van der Waals surface area contributed by atoms with Gasteiger partial charge in [-0.3, -0.25) is 9.80 Å². The quantitative estimate of drug-likeness (QED) is 0.829. The van der Waals surface area contributed by atoms with Crippen LogP contribution in [0.4, 0.5) is 0 Å². The molecule has 0 spiro atoms. The van der Waals surface area contributed by atoms with Crippen LogP contribution in [0.5, 0.6) is 0 Å². The van der Waals surface area contributed by atoms with E-state index in [4.69, 9.17) is 0 Å². The van der Waals surface area contributed by atoms with Crippen molar-refractivity contribution in [2.24, 2.45) is 0 Å². The summed E-state index contributed by atoms with van der Waals surface area (Å²) in [6.07, 6.45) is 2.81. The van der Waals surface area contributed by atoms with Crippen molar-refractivity contribution in [3.8, 4) is 0 Å². The minimum absolute atomic E-state index is 0.845. The van der Waals surface area contributed by atoms with Gasteiger partial charge in [-0.2, -0.15) is 0 Å². The van der Waals surface area contributed by atoms with Crippen LogP contribution in [0.1, 0.15) is 17.7 Å². The number of hydrogen-bond donors (Lipinski definition) is 0. The van der Waals surface area contributed by atoms with Crippen molar-refractivity contribution in [1.29, 1.82) is 0 Å². The molecule has 3 heterocycles. The van der Waals surface area contributed by atoms with Gasteiger partial charge in [-0.25, -0.2) is 0 Å². The first-order chi connectivity index (χ1) is 7.81. The first-order valence-electron chi connectivity index (χ1n) is 6.02. The van der Waals surface area contributed by atoms with Crippen molar-refractivity contribution in [3.63, 3.8) is 0 Å². The van der Waals surface area contributed by atoms with Crippen LogP contribution in [0.25, 0.3) is 0 Å². The van der Waals surface area contributed by atoms with Gasteiger partial charge in [0.25, 0.3) is 0 Å². The third-order valence-electron chi connectivity index (χ3n) is 3.68. The molecule has 0 amide bonds. The van der Waals surface area contributed by atoms with E-state index in [1.54, 1.807) is 0 Å². The predicted molar refractivity (Wildman–Crippen MR) is 71.9 cm³/mol. The van der Waals surface area contributed by atoms with Crippen LogP contribution < -0.4 is 0 Å². The van der Waals surface area contributed by atoms with Crippen molar-refractivity contribution < 1.29 is 0 Å². The molecule has 88 valence electrons. The summed E-state index contributed by atoms with van der Waals surface area (Å²) in [7, 11) is 0. The van der Waals surface area contributed by atoms with Crippen LogP contribution in [0.2, 0.25) is 0 Å². The van der Waals surface area contributed by atoms with E-state index in [0.29, 0.717) is 0 Å². The van der Waals surface area contributed by atoms with E-state index in [9.17, 15) is 0 Å². The lowest BCUT2D eigenvalue weighted by Crippen LogP contribution is -2.49. The van der Waals surface area contributed by atoms with Crippen LogP contribution in [-0.2, 0) is 6.54 Å². The largest absolute Gasteiger partial charge is 0.298 e. The predicted octanol–water partition coefficient (Wildman–Crippen LogP) is 2.79. The maximum Gasteiger partial charge on any atom is 0.0701 e. The molecule has 0 aromatic carbocycles. The lowest BCUT2D eigenvalue weighted by atomic mass is 10.1. The van der Waals surface area contributed by atoms with Crippen LogP contribution in [0, 0.1) is 0 Å². The molecule has 0 saturated carbocycles. The number of thiophene rings is 1. The molecule has 2 aliphatic rings. The zero-order valence-electron chi connectivity index (χ0n) is 9.36. The van der Waals surface area contributed by atoms with Crippen molar-refractivity contribution in [2.75, 3.05) is 26.2 Å². The topological polar surface area (TPSA) is 6.48 Å². The van der Waals surface area contributed by atoms with Gasteiger partial charge in [-0.1, -0.05) is 0 Å². The summed E-state index contributed by atoms with van der Waals surface area (Å²) >= 11 is 5.40. The summed E-state index contributed by atoms with van der Waals surface area (Å²) in [6.45, 7) is 6.27. The van der Waals surface area contributed by atoms with Crippen molar-refractivity contribution >= 4 is 27.3 Å². The molecule has 2 fully saturated rings. The number of halogens is 1. The van der Waals surface area contributed by atoms with Gasteiger partial charge < -0.3 is 0 Å². The summed E-state index contributed by atoms with van der Waals surface area (Å²) in [6, 6.07) is 5.25. The minimum atomic E-state index is 0.845. The Kier molecular flexibility index (Phi) is 3.34. The smallest absolute Gasteiger partial charge is 0.0701 e. The molecular weight excluding hydrogens is 284 g/mol. The molecule has 0 bridgehead atoms. The highest BCUT2D eigenvalue weighted by Gasteiger charge is 2.30. The van der Waals surface area contributed by atoms with E-state index in [-0.39, 0.29) is 0 Å². The van der Waals surface area contributed by atoms with Gasteiger partial charge in [0.2, 0.25) is 0 Å². The highest BCUT2D eigenvalue weighted by molar-refractivity contribution is 9.11. The maximum atomic E-state index is 3.53. The Bertz CT molecular complexity index is 366. The monoisotopic (exact) mass is 300 g/mol. The Balaban J connectivity index is 1.60. The molecule has 4 heteroatoms. The van der Waals surface area contributed by atoms with Gasteiger partial charge in [-0.15, -0.1) is 11.3 Å². The molecule has 2 saturated heterocycles. The SMILES string of the molecule is Brc1ccc(CN2CCN3CCCC3C2)s1. The fourth-order valence-electron chi connectivity index (χ4n) is 2.86. The van der Waals surface area contributed by atoms with Gasteiger partial charge in [0, 0.05) is 37.1 Å². The zero-order chi connectivity index (χ0) is 11.0. The second-order valence-corrected chi connectivity index (χ2v) is 7.32. The van der Waals surface area contributed by atoms with E-state index < -0.39 is 0 Å². The second-order valence-electron chi connectivity index (χ2n) is 4.77.